The maximum absolute atomic E-state index is 13.1. The van der Waals surface area contributed by atoms with Crippen LogP contribution >= 0.6 is 0 Å². The molecule has 0 heterocycles. The van der Waals surface area contributed by atoms with Crippen LogP contribution in [0.15, 0.2) is 18.2 Å². The van der Waals surface area contributed by atoms with Crippen molar-refractivity contribution in [1.29, 1.82) is 5.26 Å². The zero-order chi connectivity index (χ0) is 12.3. The Bertz CT molecular complexity index is 432. The first-order valence-electron chi connectivity index (χ1n) is 6.19. The van der Waals surface area contributed by atoms with Crippen molar-refractivity contribution in [3.05, 3.63) is 29.6 Å². The van der Waals surface area contributed by atoms with E-state index in [0.717, 1.165) is 31.1 Å². The van der Waals surface area contributed by atoms with Gasteiger partial charge in [-0.1, -0.05) is 6.92 Å². The van der Waals surface area contributed by atoms with Crippen LogP contribution in [0.25, 0.3) is 0 Å². The predicted molar refractivity (Wildman–Crippen MR) is 66.3 cm³/mol. The van der Waals surface area contributed by atoms with Gasteiger partial charge < -0.3 is 4.90 Å². The summed E-state index contributed by atoms with van der Waals surface area (Å²) >= 11 is 0. The second-order valence-corrected chi connectivity index (χ2v) is 4.66. The van der Waals surface area contributed by atoms with Crippen LogP contribution in [0.5, 0.6) is 0 Å². The highest BCUT2D eigenvalue weighted by Crippen LogP contribution is 2.32. The molecule has 0 spiro atoms. The summed E-state index contributed by atoms with van der Waals surface area (Å²) in [6.45, 7) is 4.04. The molecule has 0 saturated heterocycles. The van der Waals surface area contributed by atoms with E-state index in [1.807, 2.05) is 0 Å². The van der Waals surface area contributed by atoms with E-state index >= 15 is 0 Å². The standard InChI is InChI=1S/C14H17FN2/c1-2-7-17(10-11-3-4-11)14-6-5-13(15)8-12(14)9-16/h5-6,8,11H,2-4,7,10H2,1H3. The van der Waals surface area contributed by atoms with E-state index in [1.165, 1.54) is 25.0 Å². The monoisotopic (exact) mass is 232 g/mol. The van der Waals surface area contributed by atoms with Gasteiger partial charge in [-0.3, -0.25) is 0 Å². The molecule has 1 aliphatic rings. The van der Waals surface area contributed by atoms with Gasteiger partial charge in [0.1, 0.15) is 11.9 Å². The first kappa shape index (κ1) is 11.9. The summed E-state index contributed by atoms with van der Waals surface area (Å²) in [5.74, 6) is 0.423. The Morgan fingerprint density at radius 3 is 2.82 bits per heavy atom. The first-order chi connectivity index (χ1) is 8.24. The Labute approximate surface area is 102 Å². The molecule has 1 saturated carbocycles. The quantitative estimate of drug-likeness (QED) is 0.778. The number of benzene rings is 1. The van der Waals surface area contributed by atoms with E-state index in [2.05, 4.69) is 17.9 Å². The molecule has 2 rings (SSSR count). The van der Waals surface area contributed by atoms with Crippen LogP contribution in [0.4, 0.5) is 10.1 Å². The molecule has 3 heteroatoms. The van der Waals surface area contributed by atoms with Crippen LogP contribution < -0.4 is 4.90 Å². The number of hydrogen-bond acceptors (Lipinski definition) is 2. The minimum atomic E-state index is -0.340. The fourth-order valence-corrected chi connectivity index (χ4v) is 2.07. The molecule has 17 heavy (non-hydrogen) atoms. The van der Waals surface area contributed by atoms with Crippen molar-refractivity contribution in [2.45, 2.75) is 26.2 Å². The van der Waals surface area contributed by atoms with E-state index < -0.39 is 0 Å². The Hall–Kier alpha value is -1.56. The number of halogens is 1. The van der Waals surface area contributed by atoms with Crippen molar-refractivity contribution in [2.24, 2.45) is 5.92 Å². The van der Waals surface area contributed by atoms with Gasteiger partial charge in [0.15, 0.2) is 0 Å². The van der Waals surface area contributed by atoms with E-state index in [9.17, 15) is 4.39 Å². The number of nitriles is 1. The Morgan fingerprint density at radius 2 is 2.24 bits per heavy atom. The van der Waals surface area contributed by atoms with Crippen LogP contribution in [0, 0.1) is 23.1 Å². The zero-order valence-electron chi connectivity index (χ0n) is 10.1. The molecule has 0 aromatic heterocycles. The molecule has 0 atom stereocenters. The lowest BCUT2D eigenvalue weighted by Gasteiger charge is -2.25. The van der Waals surface area contributed by atoms with Crippen molar-refractivity contribution in [2.75, 3.05) is 18.0 Å². The maximum Gasteiger partial charge on any atom is 0.124 e. The van der Waals surface area contributed by atoms with Gasteiger partial charge in [0, 0.05) is 13.1 Å². The second kappa shape index (κ2) is 5.18. The number of hydrogen-bond donors (Lipinski definition) is 0. The summed E-state index contributed by atoms with van der Waals surface area (Å²) < 4.78 is 13.1. The fraction of sp³-hybridized carbons (Fsp3) is 0.500. The smallest absolute Gasteiger partial charge is 0.124 e. The van der Waals surface area contributed by atoms with Gasteiger partial charge in [-0.2, -0.15) is 5.26 Å². The van der Waals surface area contributed by atoms with E-state index in [-0.39, 0.29) is 5.82 Å². The molecule has 1 fully saturated rings. The Balaban J connectivity index is 2.24. The van der Waals surface area contributed by atoms with Crippen molar-refractivity contribution in [1.82, 2.24) is 0 Å². The highest BCUT2D eigenvalue weighted by Gasteiger charge is 2.25. The molecule has 1 aromatic rings. The van der Waals surface area contributed by atoms with Crippen molar-refractivity contribution < 1.29 is 4.39 Å². The minimum Gasteiger partial charge on any atom is -0.370 e. The van der Waals surface area contributed by atoms with Crippen LogP contribution in [0.1, 0.15) is 31.7 Å². The fourth-order valence-electron chi connectivity index (χ4n) is 2.07. The molecule has 2 nitrogen and oxygen atoms in total. The first-order valence-corrected chi connectivity index (χ1v) is 6.19. The third-order valence-electron chi connectivity index (χ3n) is 3.09. The van der Waals surface area contributed by atoms with Gasteiger partial charge in [-0.15, -0.1) is 0 Å². The molecule has 1 aromatic carbocycles. The topological polar surface area (TPSA) is 27.0 Å². The molecular weight excluding hydrogens is 215 g/mol. The molecule has 90 valence electrons. The molecule has 0 unspecified atom stereocenters. The van der Waals surface area contributed by atoms with Gasteiger partial charge in [0.05, 0.1) is 11.3 Å². The van der Waals surface area contributed by atoms with Gasteiger partial charge in [-0.25, -0.2) is 4.39 Å². The zero-order valence-corrected chi connectivity index (χ0v) is 10.1. The lowest BCUT2D eigenvalue weighted by molar-refractivity contribution is 0.626. The Kier molecular flexibility index (Phi) is 3.63. The van der Waals surface area contributed by atoms with Crippen LogP contribution in [-0.2, 0) is 0 Å². The van der Waals surface area contributed by atoms with Crippen molar-refractivity contribution in [3.8, 4) is 6.07 Å². The lowest BCUT2D eigenvalue weighted by Crippen LogP contribution is -2.27. The van der Waals surface area contributed by atoms with Crippen molar-refractivity contribution in [3.63, 3.8) is 0 Å². The van der Waals surface area contributed by atoms with Gasteiger partial charge in [0.2, 0.25) is 0 Å². The molecular formula is C14H17FN2. The third kappa shape index (κ3) is 2.97. The molecule has 1 aliphatic carbocycles. The molecule has 0 amide bonds. The normalized spacial score (nSPS) is 14.4. The average Bonchev–Trinajstić information content (AvgIpc) is 3.12. The van der Waals surface area contributed by atoms with Gasteiger partial charge >= 0.3 is 0 Å². The molecule has 0 bridgehead atoms. The lowest BCUT2D eigenvalue weighted by atomic mass is 10.1. The van der Waals surface area contributed by atoms with Crippen LogP contribution in [0.3, 0.4) is 0 Å². The second-order valence-electron chi connectivity index (χ2n) is 4.66. The van der Waals surface area contributed by atoms with Gasteiger partial charge in [0.25, 0.3) is 0 Å². The Morgan fingerprint density at radius 1 is 1.47 bits per heavy atom. The van der Waals surface area contributed by atoms with E-state index in [1.54, 1.807) is 6.07 Å². The molecule has 0 radical (unpaired) electrons. The summed E-state index contributed by atoms with van der Waals surface area (Å²) in [6, 6.07) is 6.58. The summed E-state index contributed by atoms with van der Waals surface area (Å²) in [4.78, 5) is 2.22. The SMILES string of the molecule is CCCN(CC1CC1)c1ccc(F)cc1C#N. The highest BCUT2D eigenvalue weighted by molar-refractivity contribution is 5.59. The van der Waals surface area contributed by atoms with E-state index in [4.69, 9.17) is 5.26 Å². The summed E-state index contributed by atoms with van der Waals surface area (Å²) in [6.07, 6.45) is 3.60. The number of anilines is 1. The predicted octanol–water partition coefficient (Wildman–Crippen LogP) is 3.32. The van der Waals surface area contributed by atoms with E-state index in [0.29, 0.717) is 5.56 Å². The number of rotatable bonds is 5. The third-order valence-corrected chi connectivity index (χ3v) is 3.09. The summed E-state index contributed by atoms with van der Waals surface area (Å²) in [5.41, 5.74) is 1.32. The number of nitrogens with zero attached hydrogens (tertiary/aromatic N) is 2. The highest BCUT2D eigenvalue weighted by atomic mass is 19.1. The van der Waals surface area contributed by atoms with Crippen molar-refractivity contribution >= 4 is 5.69 Å². The van der Waals surface area contributed by atoms with Crippen LogP contribution in [0.2, 0.25) is 0 Å². The molecule has 0 aliphatic heterocycles. The summed E-state index contributed by atoms with van der Waals surface area (Å²) in [7, 11) is 0. The van der Waals surface area contributed by atoms with Gasteiger partial charge in [-0.05, 0) is 43.4 Å². The largest absolute Gasteiger partial charge is 0.370 e. The minimum absolute atomic E-state index is 0.340. The van der Waals surface area contributed by atoms with Crippen LogP contribution in [-0.4, -0.2) is 13.1 Å². The maximum atomic E-state index is 13.1. The summed E-state index contributed by atoms with van der Waals surface area (Å²) in [5, 5.41) is 9.07. The average molecular weight is 232 g/mol. The molecule has 0 N–H and O–H groups in total.